The fourth-order valence-corrected chi connectivity index (χ4v) is 4.94. The van der Waals surface area contributed by atoms with Crippen molar-refractivity contribution in [3.05, 3.63) is 36.7 Å². The van der Waals surface area contributed by atoms with Crippen LogP contribution < -0.4 is 9.64 Å². The van der Waals surface area contributed by atoms with Crippen molar-refractivity contribution >= 4 is 22.8 Å². The molecule has 1 unspecified atom stereocenters. The van der Waals surface area contributed by atoms with Crippen LogP contribution in [0.4, 0.5) is 5.82 Å². The molecule has 0 bridgehead atoms. The van der Waals surface area contributed by atoms with Crippen LogP contribution in [0, 0.1) is 0 Å². The summed E-state index contributed by atoms with van der Waals surface area (Å²) in [5.74, 6) is 1.79. The van der Waals surface area contributed by atoms with E-state index in [1.807, 2.05) is 35.4 Å². The van der Waals surface area contributed by atoms with Crippen LogP contribution in [0.3, 0.4) is 0 Å². The second-order valence-corrected chi connectivity index (χ2v) is 8.78. The van der Waals surface area contributed by atoms with Crippen LogP contribution in [-0.4, -0.2) is 70.2 Å². The van der Waals surface area contributed by atoms with Gasteiger partial charge in [-0.2, -0.15) is 0 Å². The van der Waals surface area contributed by atoms with Crippen molar-refractivity contribution in [2.24, 2.45) is 0 Å². The number of piperazine rings is 1. The fourth-order valence-electron chi connectivity index (χ4n) is 4.94. The smallest absolute Gasteiger partial charge is 0.220 e. The van der Waals surface area contributed by atoms with Crippen LogP contribution in [0.2, 0.25) is 0 Å². The fraction of sp³-hybridized carbons (Fsp3) is 0.458. The van der Waals surface area contributed by atoms with Gasteiger partial charge in [-0.15, -0.1) is 0 Å². The van der Waals surface area contributed by atoms with Crippen LogP contribution in [0.1, 0.15) is 28.6 Å². The van der Waals surface area contributed by atoms with Crippen molar-refractivity contribution in [3.63, 3.8) is 0 Å². The lowest BCUT2D eigenvalue weighted by Crippen LogP contribution is -2.58. The average molecular weight is 438 g/mol. The highest BCUT2D eigenvalue weighted by Gasteiger charge is 2.31. The second-order valence-electron chi connectivity index (χ2n) is 8.78. The third kappa shape index (κ3) is 3.90. The van der Waals surface area contributed by atoms with Gasteiger partial charge in [0, 0.05) is 57.1 Å². The van der Waals surface area contributed by atoms with Crippen molar-refractivity contribution in [1.29, 1.82) is 0 Å². The number of fused-ring (bicyclic) bond motifs is 1. The summed E-state index contributed by atoms with van der Waals surface area (Å²) in [5.41, 5.74) is 2.68. The first kappa shape index (κ1) is 20.8. The molecule has 0 radical (unpaired) electrons. The number of hydrogen-bond acceptors (Lipinski definition) is 6. The molecule has 2 saturated heterocycles. The third-order valence-corrected chi connectivity index (χ3v) is 6.31. The highest BCUT2D eigenvalue weighted by atomic mass is 16.5. The summed E-state index contributed by atoms with van der Waals surface area (Å²) in [6.45, 7) is 8.71. The van der Waals surface area contributed by atoms with E-state index in [0.717, 1.165) is 60.0 Å². The highest BCUT2D eigenvalue weighted by Crippen LogP contribution is 2.31. The molecule has 1 amide bonds. The molecule has 170 valence electrons. The Kier molecular flexibility index (Phi) is 5.46. The summed E-state index contributed by atoms with van der Waals surface area (Å²) >= 11 is 0. The predicted molar refractivity (Wildman–Crippen MR) is 125 cm³/mol. The summed E-state index contributed by atoms with van der Waals surface area (Å²) in [4.78, 5) is 29.0. The molecule has 2 aliphatic heterocycles. The van der Waals surface area contributed by atoms with E-state index >= 15 is 0 Å². The van der Waals surface area contributed by atoms with Crippen LogP contribution in [0.15, 0.2) is 36.7 Å². The van der Waals surface area contributed by atoms with Gasteiger partial charge in [-0.3, -0.25) is 4.79 Å². The minimum atomic E-state index is 0. The Morgan fingerprint density at radius 2 is 2.09 bits per heavy atom. The molecule has 3 atom stereocenters. The topological polar surface area (TPSA) is 83.6 Å². The number of anilines is 1. The first-order chi connectivity index (χ1) is 15.5. The van der Waals surface area contributed by atoms with Gasteiger partial charge in [-0.1, -0.05) is 6.07 Å². The molecule has 0 aromatic carbocycles. The van der Waals surface area contributed by atoms with E-state index in [9.17, 15) is 4.79 Å². The van der Waals surface area contributed by atoms with Crippen molar-refractivity contribution in [2.75, 3.05) is 31.2 Å². The van der Waals surface area contributed by atoms with Crippen molar-refractivity contribution in [1.82, 2.24) is 19.9 Å². The molecular weight excluding hydrogens is 406 g/mol. The lowest BCUT2D eigenvalue weighted by Gasteiger charge is -2.44. The number of ether oxygens (including phenoxy) is 2. The number of nitrogens with zero attached hydrogens (tertiary/aromatic N) is 4. The monoisotopic (exact) mass is 437 g/mol. The summed E-state index contributed by atoms with van der Waals surface area (Å²) in [5, 5.41) is 0.981. The van der Waals surface area contributed by atoms with E-state index in [2.05, 4.69) is 28.7 Å². The largest absolute Gasteiger partial charge is 0.486 e. The van der Waals surface area contributed by atoms with E-state index in [4.69, 9.17) is 14.5 Å². The molecule has 5 heterocycles. The van der Waals surface area contributed by atoms with E-state index < -0.39 is 0 Å². The van der Waals surface area contributed by atoms with Gasteiger partial charge in [0.15, 0.2) is 0 Å². The van der Waals surface area contributed by atoms with E-state index in [1.54, 1.807) is 13.1 Å². The zero-order chi connectivity index (χ0) is 22.2. The molecule has 3 aromatic heterocycles. The average Bonchev–Trinajstić information content (AvgIpc) is 3.42. The lowest BCUT2D eigenvalue weighted by atomic mass is 10.1. The van der Waals surface area contributed by atoms with Gasteiger partial charge in [0.05, 0.1) is 25.1 Å². The molecular formula is C24H31N5O3. The Balaban J connectivity index is 0.00000259. The van der Waals surface area contributed by atoms with Gasteiger partial charge in [0.2, 0.25) is 5.91 Å². The number of aromatic amines is 1. The molecule has 0 spiro atoms. The number of rotatable bonds is 4. The Labute approximate surface area is 189 Å². The summed E-state index contributed by atoms with van der Waals surface area (Å²) in [6.07, 6.45) is 4.68. The van der Waals surface area contributed by atoms with Gasteiger partial charge >= 0.3 is 0 Å². The summed E-state index contributed by atoms with van der Waals surface area (Å²) in [7, 11) is 0. The predicted octanol–water partition coefficient (Wildman–Crippen LogP) is 3.48. The highest BCUT2D eigenvalue weighted by molar-refractivity contribution is 5.93. The van der Waals surface area contributed by atoms with Crippen molar-refractivity contribution in [3.8, 4) is 17.0 Å². The Bertz CT molecular complexity index is 1120. The number of amides is 1. The third-order valence-electron chi connectivity index (χ3n) is 6.31. The molecule has 8 nitrogen and oxygen atoms in total. The molecule has 0 saturated carbocycles. The number of carbonyl (C=O) groups excluding carboxylic acids is 1. The Morgan fingerprint density at radius 3 is 2.81 bits per heavy atom. The minimum absolute atomic E-state index is 0. The minimum Gasteiger partial charge on any atom is -0.486 e. The van der Waals surface area contributed by atoms with E-state index in [0.29, 0.717) is 6.61 Å². The molecule has 0 aliphatic carbocycles. The van der Waals surface area contributed by atoms with Gasteiger partial charge < -0.3 is 24.3 Å². The summed E-state index contributed by atoms with van der Waals surface area (Å²) in [6, 6.07) is 8.39. The number of aromatic nitrogens is 3. The zero-order valence-corrected chi connectivity index (χ0v) is 18.7. The number of nitrogens with one attached hydrogen (secondary N) is 1. The number of carbonyl (C=O) groups is 1. The normalized spacial score (nSPS) is 23.7. The number of hydrogen-bond donors (Lipinski definition) is 1. The maximum atomic E-state index is 12.0. The summed E-state index contributed by atoms with van der Waals surface area (Å²) < 4.78 is 11.5. The SMILES string of the molecule is CC(=O)N1[C@H](C)CN(c2cccc(-c3c[nH]c4ncc(OC5CCOC5)cc34)n2)C[C@@H]1C.[HH]. The lowest BCUT2D eigenvalue weighted by molar-refractivity contribution is -0.133. The number of pyridine rings is 2. The van der Waals surface area contributed by atoms with Gasteiger partial charge in [-0.05, 0) is 32.0 Å². The zero-order valence-electron chi connectivity index (χ0n) is 18.7. The molecule has 2 aliphatic rings. The molecule has 2 fully saturated rings. The van der Waals surface area contributed by atoms with Crippen LogP contribution in [-0.2, 0) is 9.53 Å². The molecule has 32 heavy (non-hydrogen) atoms. The maximum absolute atomic E-state index is 12.0. The number of H-pyrrole nitrogens is 1. The van der Waals surface area contributed by atoms with E-state index in [-0.39, 0.29) is 25.5 Å². The van der Waals surface area contributed by atoms with Crippen molar-refractivity contribution in [2.45, 2.75) is 45.4 Å². The van der Waals surface area contributed by atoms with Gasteiger partial charge in [0.1, 0.15) is 23.3 Å². The first-order valence-corrected chi connectivity index (χ1v) is 11.2. The first-order valence-electron chi connectivity index (χ1n) is 11.2. The van der Waals surface area contributed by atoms with Crippen LogP contribution >= 0.6 is 0 Å². The molecule has 5 rings (SSSR count). The Hall–Kier alpha value is -3.13. The molecule has 1 N–H and O–H groups in total. The van der Waals surface area contributed by atoms with Crippen LogP contribution in [0.25, 0.3) is 22.3 Å². The maximum Gasteiger partial charge on any atom is 0.220 e. The standard InChI is InChI=1S/C24H29N5O3.H2/c1-15-12-28(13-16(2)29(15)17(3)30)23-6-4-5-22(27-23)21-11-26-24-20(21)9-19(10-25-24)32-18-7-8-31-14-18;/h4-6,9-11,15-16,18H,7-8,12-14H2,1-3H3,(H,25,26);1H/t15-,16+,18?;. The van der Waals surface area contributed by atoms with Crippen LogP contribution in [0.5, 0.6) is 5.75 Å². The quantitative estimate of drug-likeness (QED) is 0.673. The molecule has 3 aromatic rings. The van der Waals surface area contributed by atoms with E-state index in [1.165, 1.54) is 0 Å². The van der Waals surface area contributed by atoms with Crippen molar-refractivity contribution < 1.29 is 15.7 Å². The van der Waals surface area contributed by atoms with Gasteiger partial charge in [-0.25, -0.2) is 9.97 Å². The second kappa shape index (κ2) is 8.43. The van der Waals surface area contributed by atoms with Gasteiger partial charge in [0.25, 0.3) is 0 Å². The Morgan fingerprint density at radius 1 is 1.28 bits per heavy atom. The molecule has 8 heteroatoms.